The minimum Gasteiger partial charge on any atom is -0.473 e. The van der Waals surface area contributed by atoms with E-state index in [2.05, 4.69) is 20.1 Å². The lowest BCUT2D eigenvalue weighted by molar-refractivity contribution is -0.142. The molecule has 7 rings (SSSR count). The van der Waals surface area contributed by atoms with Crippen molar-refractivity contribution in [1.29, 1.82) is 0 Å². The molecule has 2 saturated heterocycles. The average Bonchev–Trinajstić information content (AvgIpc) is 3.44. The Balaban J connectivity index is 0.851. The van der Waals surface area contributed by atoms with Crippen molar-refractivity contribution in [3.63, 3.8) is 0 Å². The summed E-state index contributed by atoms with van der Waals surface area (Å²) in [6.07, 6.45) is 4.93. The Morgan fingerprint density at radius 1 is 1.00 bits per heavy atom. The Morgan fingerprint density at radius 3 is 2.29 bits per heavy atom. The van der Waals surface area contributed by atoms with Crippen LogP contribution in [0.4, 0.5) is 18.0 Å². The van der Waals surface area contributed by atoms with Crippen molar-refractivity contribution in [3.05, 3.63) is 30.2 Å². The summed E-state index contributed by atoms with van der Waals surface area (Å²) in [5.41, 5.74) is -0.805. The van der Waals surface area contributed by atoms with Gasteiger partial charge in [0.2, 0.25) is 5.88 Å². The fraction of sp³-hybridized carbons (Fsp3) is 0.696. The highest BCUT2D eigenvalue weighted by Gasteiger charge is 2.59. The molecule has 0 bridgehead atoms. The monoisotopic (exact) mass is 489 g/mol. The van der Waals surface area contributed by atoms with E-state index in [1.165, 1.54) is 19.0 Å². The zero-order chi connectivity index (χ0) is 24.0. The molecule has 35 heavy (non-hydrogen) atoms. The molecule has 2 aromatic rings. The van der Waals surface area contributed by atoms with Crippen LogP contribution >= 0.6 is 0 Å². The summed E-state index contributed by atoms with van der Waals surface area (Å²) in [5.74, 6) is 1.44. The maximum Gasteiger partial charge on any atom is 0.435 e. The number of halogens is 3. The number of likely N-dealkylation sites (tertiary alicyclic amines) is 2. The van der Waals surface area contributed by atoms with Gasteiger partial charge in [0.1, 0.15) is 12.4 Å². The minimum atomic E-state index is -4.55. The molecule has 0 atom stereocenters. The zero-order valence-electron chi connectivity index (χ0n) is 19.1. The summed E-state index contributed by atoms with van der Waals surface area (Å²) < 4.78 is 46.0. The van der Waals surface area contributed by atoms with E-state index in [4.69, 9.17) is 4.74 Å². The fourth-order valence-electron chi connectivity index (χ4n) is 6.34. The Bertz CT molecular complexity index is 1150. The van der Waals surface area contributed by atoms with Crippen LogP contribution in [-0.2, 0) is 6.18 Å². The van der Waals surface area contributed by atoms with E-state index in [0.29, 0.717) is 44.1 Å². The number of amides is 2. The van der Waals surface area contributed by atoms with Gasteiger partial charge in [0, 0.05) is 42.9 Å². The number of aromatic nitrogens is 5. The highest BCUT2D eigenvalue weighted by atomic mass is 19.4. The van der Waals surface area contributed by atoms with Crippen molar-refractivity contribution < 1.29 is 22.7 Å². The van der Waals surface area contributed by atoms with Gasteiger partial charge in [0.15, 0.2) is 11.5 Å². The Labute approximate surface area is 199 Å². The summed E-state index contributed by atoms with van der Waals surface area (Å²) in [4.78, 5) is 28.2. The van der Waals surface area contributed by atoms with Gasteiger partial charge in [-0.15, -0.1) is 0 Å². The predicted molar refractivity (Wildman–Crippen MR) is 114 cm³/mol. The van der Waals surface area contributed by atoms with Gasteiger partial charge in [-0.1, -0.05) is 0 Å². The molecule has 2 aromatic heterocycles. The van der Waals surface area contributed by atoms with Gasteiger partial charge in [0.05, 0.1) is 18.4 Å². The zero-order valence-corrected chi connectivity index (χ0v) is 19.1. The van der Waals surface area contributed by atoms with Gasteiger partial charge >= 0.3 is 12.2 Å². The molecule has 3 saturated carbocycles. The number of hydrogen-bond acceptors (Lipinski definition) is 6. The van der Waals surface area contributed by atoms with Gasteiger partial charge in [-0.2, -0.15) is 18.3 Å². The van der Waals surface area contributed by atoms with Crippen LogP contribution in [0.2, 0.25) is 0 Å². The lowest BCUT2D eigenvalue weighted by Crippen LogP contribution is -2.71. The lowest BCUT2D eigenvalue weighted by Gasteiger charge is -2.62. The van der Waals surface area contributed by atoms with Crippen LogP contribution in [0, 0.1) is 10.8 Å². The Hall–Kier alpha value is -2.92. The normalized spacial score (nSPS) is 25.1. The van der Waals surface area contributed by atoms with E-state index >= 15 is 0 Å². The van der Waals surface area contributed by atoms with Crippen molar-refractivity contribution in [2.75, 3.05) is 26.2 Å². The molecular formula is C23H26F3N7O2. The van der Waals surface area contributed by atoms with E-state index in [9.17, 15) is 18.0 Å². The fourth-order valence-corrected chi connectivity index (χ4v) is 6.34. The molecule has 0 N–H and O–H groups in total. The molecule has 0 radical (unpaired) electrons. The molecule has 12 heteroatoms. The van der Waals surface area contributed by atoms with Crippen molar-refractivity contribution in [1.82, 2.24) is 34.5 Å². The molecule has 2 amide bonds. The molecule has 186 valence electrons. The summed E-state index contributed by atoms with van der Waals surface area (Å²) in [6.45, 7) is 2.95. The van der Waals surface area contributed by atoms with Crippen molar-refractivity contribution in [3.8, 4) is 5.88 Å². The first-order chi connectivity index (χ1) is 16.7. The molecule has 3 aliphatic carbocycles. The van der Waals surface area contributed by atoms with E-state index in [1.54, 1.807) is 0 Å². The second-order valence-electron chi connectivity index (χ2n) is 11.3. The van der Waals surface area contributed by atoms with Crippen LogP contribution < -0.4 is 4.74 Å². The van der Waals surface area contributed by atoms with Crippen LogP contribution in [0.15, 0.2) is 18.7 Å². The average molecular weight is 490 g/mol. The molecule has 2 spiro atoms. The highest BCUT2D eigenvalue weighted by Crippen LogP contribution is 2.55. The van der Waals surface area contributed by atoms with Crippen LogP contribution in [-0.4, -0.2) is 72.8 Å². The topological polar surface area (TPSA) is 89.3 Å². The maximum absolute atomic E-state index is 12.9. The third-order valence-electron chi connectivity index (χ3n) is 8.34. The SMILES string of the molecule is O=C(N1CC2(CC(Oc3cncc(C(F)(F)F)n3)C2)C1)N1CC2(CC(n3cnc(C4CC4)n3)C2)C1. The lowest BCUT2D eigenvalue weighted by atomic mass is 9.60. The number of nitrogens with zero attached hydrogens (tertiary/aromatic N) is 7. The third-order valence-corrected chi connectivity index (χ3v) is 8.34. The summed E-state index contributed by atoms with van der Waals surface area (Å²) in [6, 6.07) is 0.488. The number of hydrogen-bond donors (Lipinski definition) is 0. The molecule has 5 aliphatic rings. The van der Waals surface area contributed by atoms with Crippen molar-refractivity contribution >= 4 is 6.03 Å². The second kappa shape index (κ2) is 7.07. The van der Waals surface area contributed by atoms with E-state index < -0.39 is 11.9 Å². The molecule has 0 unspecified atom stereocenters. The summed E-state index contributed by atoms with van der Waals surface area (Å²) >= 11 is 0. The number of carbonyl (C=O) groups is 1. The molecule has 2 aliphatic heterocycles. The second-order valence-corrected chi connectivity index (χ2v) is 11.3. The highest BCUT2D eigenvalue weighted by molar-refractivity contribution is 5.77. The molecule has 5 fully saturated rings. The van der Waals surface area contributed by atoms with Crippen LogP contribution in [0.5, 0.6) is 5.88 Å². The van der Waals surface area contributed by atoms with Crippen LogP contribution in [0.1, 0.15) is 62.0 Å². The number of urea groups is 1. The van der Waals surface area contributed by atoms with E-state index in [-0.39, 0.29) is 28.8 Å². The van der Waals surface area contributed by atoms with Gasteiger partial charge in [-0.05, 0) is 38.5 Å². The van der Waals surface area contributed by atoms with Crippen LogP contribution in [0.25, 0.3) is 0 Å². The first kappa shape index (κ1) is 21.4. The quantitative estimate of drug-likeness (QED) is 0.655. The first-order valence-electron chi connectivity index (χ1n) is 12.2. The van der Waals surface area contributed by atoms with E-state index in [0.717, 1.165) is 31.8 Å². The van der Waals surface area contributed by atoms with Crippen molar-refractivity contribution in [2.45, 2.75) is 62.8 Å². The van der Waals surface area contributed by atoms with Gasteiger partial charge < -0.3 is 14.5 Å². The van der Waals surface area contributed by atoms with E-state index in [1.807, 2.05) is 20.8 Å². The Kier molecular flexibility index (Phi) is 4.32. The standard InChI is InChI=1S/C23H26F3N7O2/c24-23(25,26)17-7-27-8-18(29-17)35-16-5-22(6-16)11-32(12-22)20(34)31-9-21(10-31)3-15(4-21)33-13-28-19(30-33)14-1-2-14/h7-8,13-16H,1-6,9-12H2. The summed E-state index contributed by atoms with van der Waals surface area (Å²) in [7, 11) is 0. The molecule has 0 aromatic carbocycles. The number of alkyl halides is 3. The summed E-state index contributed by atoms with van der Waals surface area (Å²) in [5, 5.41) is 4.65. The number of carbonyl (C=O) groups excluding carboxylic acids is 1. The Morgan fingerprint density at radius 2 is 1.66 bits per heavy atom. The first-order valence-corrected chi connectivity index (χ1v) is 12.2. The molecule has 9 nitrogen and oxygen atoms in total. The van der Waals surface area contributed by atoms with Gasteiger partial charge in [-0.25, -0.2) is 19.4 Å². The van der Waals surface area contributed by atoms with Crippen molar-refractivity contribution in [2.24, 2.45) is 10.8 Å². The number of rotatable bonds is 4. The smallest absolute Gasteiger partial charge is 0.435 e. The van der Waals surface area contributed by atoms with Gasteiger partial charge in [0.25, 0.3) is 0 Å². The third kappa shape index (κ3) is 3.63. The molecule has 4 heterocycles. The number of ether oxygens (including phenoxy) is 1. The maximum atomic E-state index is 12.9. The van der Waals surface area contributed by atoms with Crippen LogP contribution in [0.3, 0.4) is 0 Å². The van der Waals surface area contributed by atoms with Gasteiger partial charge in [-0.3, -0.25) is 4.98 Å². The minimum absolute atomic E-state index is 0.0197. The largest absolute Gasteiger partial charge is 0.473 e. The predicted octanol–water partition coefficient (Wildman–Crippen LogP) is 3.26. The molecular weight excluding hydrogens is 463 g/mol.